The fraction of sp³-hybridized carbons (Fsp3) is 0.462. The number of amides is 2. The Morgan fingerprint density at radius 3 is 2.50 bits per heavy atom. The molecular formula is C13H20N2O3. The van der Waals surface area contributed by atoms with Gasteiger partial charge in [-0.3, -0.25) is 0 Å². The number of hydrogen-bond acceptors (Lipinski definition) is 3. The maximum absolute atomic E-state index is 11.8. The topological polar surface area (TPSA) is 81.6 Å². The molecular weight excluding hydrogens is 232 g/mol. The average molecular weight is 252 g/mol. The smallest absolute Gasteiger partial charge is 0.319 e. The van der Waals surface area contributed by atoms with Crippen molar-refractivity contribution in [3.8, 4) is 0 Å². The van der Waals surface area contributed by atoms with Crippen LogP contribution in [0.1, 0.15) is 18.9 Å². The number of carbonyl (C=O) groups excluding carboxylic acids is 1. The first-order chi connectivity index (χ1) is 8.55. The number of nitrogens with one attached hydrogen (secondary N) is 2. The van der Waals surface area contributed by atoms with E-state index in [1.807, 2.05) is 25.1 Å². The summed E-state index contributed by atoms with van der Waals surface area (Å²) in [5.41, 5.74) is 0.737. The quantitative estimate of drug-likeness (QED) is 0.636. The number of carbonyl (C=O) groups is 1. The Morgan fingerprint density at radius 1 is 1.33 bits per heavy atom. The second-order valence-corrected chi connectivity index (χ2v) is 4.40. The summed E-state index contributed by atoms with van der Waals surface area (Å²) >= 11 is 0. The highest BCUT2D eigenvalue weighted by Gasteiger charge is 2.28. The summed E-state index contributed by atoms with van der Waals surface area (Å²) in [4.78, 5) is 11.8. The highest BCUT2D eigenvalue weighted by atomic mass is 16.3. The van der Waals surface area contributed by atoms with Gasteiger partial charge in [-0.1, -0.05) is 19.1 Å². The van der Waals surface area contributed by atoms with E-state index in [4.69, 9.17) is 0 Å². The molecule has 0 radical (unpaired) electrons. The predicted octanol–water partition coefficient (Wildman–Crippen LogP) is 1.25. The summed E-state index contributed by atoms with van der Waals surface area (Å²) in [7, 11) is 0. The maximum atomic E-state index is 11.8. The lowest BCUT2D eigenvalue weighted by Gasteiger charge is -2.29. The van der Waals surface area contributed by atoms with Crippen LogP contribution in [0.2, 0.25) is 0 Å². The van der Waals surface area contributed by atoms with Gasteiger partial charge in [0, 0.05) is 5.69 Å². The highest BCUT2D eigenvalue weighted by molar-refractivity contribution is 5.89. The fourth-order valence-electron chi connectivity index (χ4n) is 1.57. The normalized spacial score (nSPS) is 11.1. The zero-order chi connectivity index (χ0) is 13.6. The zero-order valence-corrected chi connectivity index (χ0v) is 10.7. The van der Waals surface area contributed by atoms with E-state index < -0.39 is 11.6 Å². The molecule has 0 saturated carbocycles. The van der Waals surface area contributed by atoms with Crippen LogP contribution in [0.5, 0.6) is 0 Å². The van der Waals surface area contributed by atoms with E-state index in [2.05, 4.69) is 10.6 Å². The minimum atomic E-state index is -0.978. The summed E-state index contributed by atoms with van der Waals surface area (Å²) in [5.74, 6) is 0. The van der Waals surface area contributed by atoms with Gasteiger partial charge in [0.15, 0.2) is 0 Å². The van der Waals surface area contributed by atoms with Crippen LogP contribution in [-0.2, 0) is 0 Å². The number of aliphatic hydroxyl groups excluding tert-OH is 2. The van der Waals surface area contributed by atoms with E-state index in [1.165, 1.54) is 0 Å². The van der Waals surface area contributed by atoms with Crippen LogP contribution in [0, 0.1) is 6.92 Å². The zero-order valence-electron chi connectivity index (χ0n) is 10.7. The van der Waals surface area contributed by atoms with E-state index in [0.717, 1.165) is 5.56 Å². The van der Waals surface area contributed by atoms with Gasteiger partial charge in [0.2, 0.25) is 0 Å². The summed E-state index contributed by atoms with van der Waals surface area (Å²) in [6.07, 6.45) is 0.446. The summed E-state index contributed by atoms with van der Waals surface area (Å²) < 4.78 is 0. The van der Waals surface area contributed by atoms with Crippen molar-refractivity contribution < 1.29 is 15.0 Å². The van der Waals surface area contributed by atoms with Crippen molar-refractivity contribution in [2.45, 2.75) is 25.8 Å². The Hall–Kier alpha value is -1.59. The van der Waals surface area contributed by atoms with Gasteiger partial charge in [-0.15, -0.1) is 0 Å². The van der Waals surface area contributed by atoms with Gasteiger partial charge in [-0.25, -0.2) is 4.79 Å². The van der Waals surface area contributed by atoms with Crippen molar-refractivity contribution in [1.29, 1.82) is 0 Å². The number of rotatable bonds is 5. The molecule has 0 aliphatic rings. The van der Waals surface area contributed by atoms with Gasteiger partial charge < -0.3 is 20.8 Å². The molecule has 0 atom stereocenters. The number of urea groups is 1. The van der Waals surface area contributed by atoms with E-state index >= 15 is 0 Å². The predicted molar refractivity (Wildman–Crippen MR) is 70.5 cm³/mol. The van der Waals surface area contributed by atoms with Gasteiger partial charge in [-0.2, -0.15) is 0 Å². The molecule has 18 heavy (non-hydrogen) atoms. The Morgan fingerprint density at radius 2 is 2.00 bits per heavy atom. The average Bonchev–Trinajstić information content (AvgIpc) is 2.36. The maximum Gasteiger partial charge on any atom is 0.319 e. The number of aliphatic hydroxyl groups is 2. The third-order valence-corrected chi connectivity index (χ3v) is 2.94. The summed E-state index contributed by atoms with van der Waals surface area (Å²) in [6, 6.07) is 6.95. The van der Waals surface area contributed by atoms with Crippen LogP contribution >= 0.6 is 0 Å². The third-order valence-electron chi connectivity index (χ3n) is 2.94. The summed E-state index contributed by atoms with van der Waals surface area (Å²) in [5, 5.41) is 23.7. The van der Waals surface area contributed by atoms with Crippen molar-refractivity contribution in [2.24, 2.45) is 0 Å². The lowest BCUT2D eigenvalue weighted by Crippen LogP contribution is -2.55. The Balaban J connectivity index is 2.66. The van der Waals surface area contributed by atoms with Crippen LogP contribution in [0.4, 0.5) is 10.5 Å². The first-order valence-electron chi connectivity index (χ1n) is 5.93. The minimum absolute atomic E-state index is 0.304. The molecule has 0 spiro atoms. The van der Waals surface area contributed by atoms with Gasteiger partial charge in [-0.05, 0) is 31.0 Å². The third kappa shape index (κ3) is 3.72. The first-order valence-corrected chi connectivity index (χ1v) is 5.93. The Labute approximate surface area is 107 Å². The Bertz CT molecular complexity index is 395. The largest absolute Gasteiger partial charge is 0.394 e. The number of hydrogen-bond donors (Lipinski definition) is 4. The number of aryl methyl sites for hydroxylation is 1. The molecule has 5 nitrogen and oxygen atoms in total. The monoisotopic (exact) mass is 252 g/mol. The molecule has 0 aliphatic carbocycles. The van der Waals surface area contributed by atoms with Gasteiger partial charge in [0.05, 0.1) is 18.8 Å². The van der Waals surface area contributed by atoms with Crippen LogP contribution in [-0.4, -0.2) is 35.0 Å². The molecule has 1 rings (SSSR count). The molecule has 0 saturated heterocycles. The molecule has 2 amide bonds. The van der Waals surface area contributed by atoms with Crippen molar-refractivity contribution in [2.75, 3.05) is 18.5 Å². The second kappa shape index (κ2) is 6.37. The van der Waals surface area contributed by atoms with E-state index in [9.17, 15) is 15.0 Å². The molecule has 100 valence electrons. The van der Waals surface area contributed by atoms with Gasteiger partial charge >= 0.3 is 6.03 Å². The molecule has 0 unspecified atom stereocenters. The standard InChI is InChI=1S/C13H20N2O3/c1-3-13(8-16,9-17)15-12(18)14-11-6-4-5-10(2)7-11/h4-7,16-17H,3,8-9H2,1-2H3,(H2,14,15,18). The number of anilines is 1. The second-order valence-electron chi connectivity index (χ2n) is 4.40. The van der Waals surface area contributed by atoms with Crippen molar-refractivity contribution in [3.63, 3.8) is 0 Å². The molecule has 0 aromatic heterocycles. The van der Waals surface area contributed by atoms with E-state index in [0.29, 0.717) is 12.1 Å². The van der Waals surface area contributed by atoms with Crippen molar-refractivity contribution >= 4 is 11.7 Å². The first kappa shape index (κ1) is 14.5. The van der Waals surface area contributed by atoms with Crippen LogP contribution in [0.3, 0.4) is 0 Å². The summed E-state index contributed by atoms with van der Waals surface area (Å²) in [6.45, 7) is 3.11. The molecule has 0 bridgehead atoms. The van der Waals surface area contributed by atoms with Gasteiger partial charge in [0.25, 0.3) is 0 Å². The lowest BCUT2D eigenvalue weighted by atomic mass is 9.99. The van der Waals surface area contributed by atoms with E-state index in [1.54, 1.807) is 13.0 Å². The Kier molecular flexibility index (Phi) is 5.12. The van der Waals surface area contributed by atoms with Crippen LogP contribution < -0.4 is 10.6 Å². The highest BCUT2D eigenvalue weighted by Crippen LogP contribution is 2.11. The van der Waals surface area contributed by atoms with Gasteiger partial charge in [0.1, 0.15) is 0 Å². The molecule has 0 heterocycles. The molecule has 1 aromatic rings. The number of benzene rings is 1. The minimum Gasteiger partial charge on any atom is -0.394 e. The molecule has 0 fully saturated rings. The van der Waals surface area contributed by atoms with Crippen LogP contribution in [0.15, 0.2) is 24.3 Å². The SMILES string of the molecule is CCC(CO)(CO)NC(=O)Nc1cccc(C)c1. The molecule has 4 N–H and O–H groups in total. The lowest BCUT2D eigenvalue weighted by molar-refractivity contribution is 0.0955. The van der Waals surface area contributed by atoms with E-state index in [-0.39, 0.29) is 13.2 Å². The molecule has 0 aliphatic heterocycles. The van der Waals surface area contributed by atoms with Crippen LogP contribution in [0.25, 0.3) is 0 Å². The fourth-order valence-corrected chi connectivity index (χ4v) is 1.57. The van der Waals surface area contributed by atoms with Crippen molar-refractivity contribution in [3.05, 3.63) is 29.8 Å². The molecule has 5 heteroatoms. The van der Waals surface area contributed by atoms with Crippen molar-refractivity contribution in [1.82, 2.24) is 5.32 Å². The molecule has 1 aromatic carbocycles.